The molecule has 0 heterocycles. The highest BCUT2D eigenvalue weighted by Gasteiger charge is 2.56. The Morgan fingerprint density at radius 3 is 1.85 bits per heavy atom. The molecule has 0 spiro atoms. The summed E-state index contributed by atoms with van der Waals surface area (Å²) in [5.41, 5.74) is -1.06. The Morgan fingerprint density at radius 2 is 1.41 bits per heavy atom. The molecule has 2 N–H and O–H groups in total. The molecule has 2 aromatic rings. The van der Waals surface area contributed by atoms with Crippen molar-refractivity contribution in [3.63, 3.8) is 0 Å². The minimum absolute atomic E-state index is 0.0359. The van der Waals surface area contributed by atoms with E-state index >= 15 is 4.39 Å². The monoisotopic (exact) mass is 814 g/mol. The average molecular weight is 815 g/mol. The van der Waals surface area contributed by atoms with Crippen LogP contribution in [-0.2, 0) is 18.9 Å². The number of ether oxygens (including phenoxy) is 1. The Hall–Kier alpha value is -1.34. The molecule has 0 radical (unpaired) electrons. The number of halogens is 4. The molecule has 0 saturated heterocycles. The van der Waals surface area contributed by atoms with E-state index in [4.69, 9.17) is 13.6 Å². The number of rotatable bonds is 14. The van der Waals surface area contributed by atoms with Gasteiger partial charge in [0.1, 0.15) is 22.9 Å². The van der Waals surface area contributed by atoms with Crippen molar-refractivity contribution in [3.05, 3.63) is 45.3 Å². The molecule has 7 nitrogen and oxygen atoms in total. The zero-order valence-corrected chi connectivity index (χ0v) is 33.9. The first kappa shape index (κ1) is 39.1. The van der Waals surface area contributed by atoms with Gasteiger partial charge in [-0.25, -0.2) is 21.6 Å². The van der Waals surface area contributed by atoms with Gasteiger partial charge in [0.15, 0.2) is 28.3 Å². The Labute approximate surface area is 289 Å². The molecule has 0 aromatic heterocycles. The molecule has 2 aromatic carbocycles. The summed E-state index contributed by atoms with van der Waals surface area (Å²) < 4.78 is 93.5. The van der Waals surface area contributed by atoms with Gasteiger partial charge in [-0.2, -0.15) is 0 Å². The highest BCUT2D eigenvalue weighted by atomic mass is 127. The van der Waals surface area contributed by atoms with Crippen LogP contribution in [0.25, 0.3) is 0 Å². The van der Waals surface area contributed by atoms with Crippen LogP contribution in [0.5, 0.6) is 5.75 Å². The van der Waals surface area contributed by atoms with Crippen LogP contribution in [0.15, 0.2) is 24.3 Å². The minimum atomic E-state index is -4.20. The van der Waals surface area contributed by atoms with E-state index in [1.807, 2.05) is 22.6 Å². The van der Waals surface area contributed by atoms with E-state index in [9.17, 15) is 17.2 Å². The molecule has 0 amide bonds. The molecule has 1 saturated carbocycles. The third-order valence-electron chi connectivity index (χ3n) is 9.84. The lowest BCUT2D eigenvalue weighted by Gasteiger charge is -2.40. The topological polar surface area (TPSA) is 85.9 Å². The lowest BCUT2D eigenvalue weighted by molar-refractivity contribution is 0.148. The Bertz CT molecular complexity index is 1500. The van der Waals surface area contributed by atoms with Gasteiger partial charge < -0.3 is 18.9 Å². The van der Waals surface area contributed by atoms with Gasteiger partial charge in [-0.3, -0.25) is 4.72 Å². The van der Waals surface area contributed by atoms with E-state index in [1.165, 1.54) is 19.2 Å². The SMILES string of the molecule is COc1cc(F)c(F)c(Nc2ccc(I)cc2F)c1NS(=O)(=O)C1(CC(CO[Si](C)(C)C(C)(C)C)CO[Si](C)(C)C(C)(C)C)CC1. The number of benzene rings is 2. The van der Waals surface area contributed by atoms with Crippen LogP contribution >= 0.6 is 22.6 Å². The van der Waals surface area contributed by atoms with E-state index < -0.39 is 54.5 Å². The number of methoxy groups -OCH3 is 1. The summed E-state index contributed by atoms with van der Waals surface area (Å²) >= 11 is 1.93. The summed E-state index contributed by atoms with van der Waals surface area (Å²) in [6, 6.07) is 4.94. The quantitative estimate of drug-likeness (QED) is 0.146. The number of hydrogen-bond donors (Lipinski definition) is 2. The van der Waals surface area contributed by atoms with Gasteiger partial charge in [0, 0.05) is 28.8 Å². The van der Waals surface area contributed by atoms with Gasteiger partial charge in [-0.05, 0) is 96.3 Å². The third kappa shape index (κ3) is 8.81. The van der Waals surface area contributed by atoms with Crippen molar-refractivity contribution in [2.45, 2.75) is 102 Å². The van der Waals surface area contributed by atoms with Crippen molar-refractivity contribution >= 4 is 66.3 Å². The van der Waals surface area contributed by atoms with Gasteiger partial charge in [-0.15, -0.1) is 0 Å². The summed E-state index contributed by atoms with van der Waals surface area (Å²) in [5.74, 6) is -3.84. The molecule has 46 heavy (non-hydrogen) atoms. The first-order chi connectivity index (χ1) is 20.9. The standard InChI is InChI=1S/C32H50F3IN2O5SSi2/c1-30(2,3)45(8,9)42-19-21(20-43-46(10,11)31(4,5)6)18-32(14-15-32)44(39,40)38-28-26(41-7)17-24(34)27(35)29(28)37-25-13-12-22(36)16-23(25)33/h12-13,16-17,21,37-38H,14-15,18-20H2,1-11H3. The maximum atomic E-state index is 15.3. The van der Waals surface area contributed by atoms with Gasteiger partial charge >= 0.3 is 0 Å². The molecule has 1 aliphatic carbocycles. The summed E-state index contributed by atoms with van der Waals surface area (Å²) in [7, 11) is -7.30. The van der Waals surface area contributed by atoms with E-state index in [1.54, 1.807) is 6.07 Å². The van der Waals surface area contributed by atoms with Crippen LogP contribution in [0.4, 0.5) is 30.2 Å². The molecular formula is C32H50F3IN2O5SSi2. The van der Waals surface area contributed by atoms with Gasteiger partial charge in [0.2, 0.25) is 10.0 Å². The van der Waals surface area contributed by atoms with E-state index in [0.29, 0.717) is 29.6 Å². The molecule has 14 heteroatoms. The zero-order valence-electron chi connectivity index (χ0n) is 28.9. The van der Waals surface area contributed by atoms with Crippen LogP contribution in [0.1, 0.15) is 60.8 Å². The Kier molecular flexibility index (Phi) is 11.8. The second-order valence-electron chi connectivity index (χ2n) is 15.4. The van der Waals surface area contributed by atoms with Crippen LogP contribution in [0.2, 0.25) is 36.3 Å². The number of anilines is 3. The predicted molar refractivity (Wildman–Crippen MR) is 194 cm³/mol. The van der Waals surface area contributed by atoms with Crippen LogP contribution < -0.4 is 14.8 Å². The number of nitrogens with one attached hydrogen (secondary N) is 2. The molecule has 0 aliphatic heterocycles. The second kappa shape index (κ2) is 13.9. The highest BCUT2D eigenvalue weighted by molar-refractivity contribution is 14.1. The normalized spacial score (nSPS) is 15.7. The average Bonchev–Trinajstić information content (AvgIpc) is 3.71. The zero-order chi connectivity index (χ0) is 35.1. The van der Waals surface area contributed by atoms with Crippen LogP contribution in [-0.4, -0.2) is 50.1 Å². The predicted octanol–water partition coefficient (Wildman–Crippen LogP) is 9.78. The summed E-state index contributed by atoms with van der Waals surface area (Å²) in [6.45, 7) is 22.2. The van der Waals surface area contributed by atoms with Crippen molar-refractivity contribution in [1.29, 1.82) is 0 Å². The maximum Gasteiger partial charge on any atom is 0.238 e. The van der Waals surface area contributed by atoms with Crippen molar-refractivity contribution in [1.82, 2.24) is 0 Å². The lowest BCUT2D eigenvalue weighted by Crippen LogP contribution is -2.45. The molecule has 260 valence electrons. The molecule has 1 fully saturated rings. The third-order valence-corrected chi connectivity index (χ3v) is 21.7. The Morgan fingerprint density at radius 1 is 0.891 bits per heavy atom. The highest BCUT2D eigenvalue weighted by Crippen LogP contribution is 2.51. The van der Waals surface area contributed by atoms with E-state index in [2.05, 4.69) is 77.8 Å². The maximum absolute atomic E-state index is 15.3. The molecular weight excluding hydrogens is 764 g/mol. The Balaban J connectivity index is 1.98. The van der Waals surface area contributed by atoms with Gasteiger partial charge in [-0.1, -0.05) is 41.5 Å². The fourth-order valence-electron chi connectivity index (χ4n) is 4.45. The van der Waals surface area contributed by atoms with Crippen molar-refractivity contribution in [2.75, 3.05) is 30.4 Å². The summed E-state index contributed by atoms with van der Waals surface area (Å²) in [4.78, 5) is 0. The second-order valence-corrected chi connectivity index (χ2v) is 28.3. The molecule has 1 aliphatic rings. The van der Waals surface area contributed by atoms with Crippen LogP contribution in [0, 0.1) is 26.9 Å². The summed E-state index contributed by atoms with van der Waals surface area (Å²) in [5, 5.41) is 2.49. The molecule has 0 atom stereocenters. The first-order valence-electron chi connectivity index (χ1n) is 15.4. The molecule has 3 rings (SSSR count). The fraction of sp³-hybridized carbons (Fsp3) is 0.625. The van der Waals surface area contributed by atoms with Gasteiger partial charge in [0.25, 0.3) is 0 Å². The molecule has 0 bridgehead atoms. The lowest BCUT2D eigenvalue weighted by atomic mass is 10.0. The van der Waals surface area contributed by atoms with E-state index in [0.717, 1.165) is 6.07 Å². The van der Waals surface area contributed by atoms with Crippen molar-refractivity contribution in [2.24, 2.45) is 5.92 Å². The van der Waals surface area contributed by atoms with Crippen molar-refractivity contribution in [3.8, 4) is 5.75 Å². The number of hydrogen-bond acceptors (Lipinski definition) is 6. The van der Waals surface area contributed by atoms with Gasteiger partial charge in [0.05, 0.1) is 17.5 Å². The number of sulfonamides is 1. The fourth-order valence-corrected chi connectivity index (χ4v) is 8.86. The largest absolute Gasteiger partial charge is 0.494 e. The van der Waals surface area contributed by atoms with Crippen LogP contribution in [0.3, 0.4) is 0 Å². The molecule has 0 unspecified atom stereocenters. The first-order valence-corrected chi connectivity index (χ1v) is 23.8. The summed E-state index contributed by atoms with van der Waals surface area (Å²) in [6.07, 6.45) is 1.01. The minimum Gasteiger partial charge on any atom is -0.494 e. The van der Waals surface area contributed by atoms with Crippen molar-refractivity contribution < 1.29 is 35.2 Å². The van der Waals surface area contributed by atoms with E-state index in [-0.39, 0.29) is 39.5 Å². The smallest absolute Gasteiger partial charge is 0.238 e.